The van der Waals surface area contributed by atoms with Gasteiger partial charge in [0.25, 0.3) is 0 Å². The van der Waals surface area contributed by atoms with E-state index >= 15 is 0 Å². The molecule has 0 spiro atoms. The van der Waals surface area contributed by atoms with Crippen LogP contribution in [0.15, 0.2) is 236 Å². The van der Waals surface area contributed by atoms with E-state index in [1.807, 2.05) is 104 Å². The number of furan rings is 4. The first-order valence-corrected chi connectivity index (χ1v) is 42.1. The summed E-state index contributed by atoms with van der Waals surface area (Å²) in [6.45, 7) is 36.0. The summed E-state index contributed by atoms with van der Waals surface area (Å²) in [6.07, 6.45) is 3.78. The van der Waals surface area contributed by atoms with Crippen molar-refractivity contribution in [2.24, 2.45) is 39.0 Å². The van der Waals surface area contributed by atoms with Crippen molar-refractivity contribution in [3.63, 3.8) is 0 Å². The summed E-state index contributed by atoms with van der Waals surface area (Å²) in [5.41, 5.74) is 32.2. The maximum atomic E-state index is 8.71. The van der Waals surface area contributed by atoms with Crippen LogP contribution in [0.5, 0.6) is 0 Å². The Morgan fingerprint density at radius 3 is 1.11 bits per heavy atom. The van der Waals surface area contributed by atoms with Crippen LogP contribution < -0.4 is 18.3 Å². The van der Waals surface area contributed by atoms with Crippen molar-refractivity contribution in [3.05, 3.63) is 286 Å². The van der Waals surface area contributed by atoms with Gasteiger partial charge < -0.3 is 17.7 Å². The van der Waals surface area contributed by atoms with Crippen LogP contribution >= 0.6 is 0 Å². The fourth-order valence-electron chi connectivity index (χ4n) is 18.0. The Balaban J connectivity index is 0.000000116. The second-order valence-electron chi connectivity index (χ2n) is 35.6. The Morgan fingerprint density at radius 2 is 0.708 bits per heavy atom. The van der Waals surface area contributed by atoms with Crippen LogP contribution in [-0.4, -0.2) is 19.9 Å². The number of pyridine rings is 8. The third-order valence-electron chi connectivity index (χ3n) is 23.7. The number of aryl methyl sites for hydroxylation is 13. The van der Waals surface area contributed by atoms with Gasteiger partial charge >= 0.3 is 0 Å². The van der Waals surface area contributed by atoms with Crippen molar-refractivity contribution >= 4 is 132 Å². The van der Waals surface area contributed by atoms with Crippen molar-refractivity contribution in [2.75, 3.05) is 0 Å². The molecule has 120 heavy (non-hydrogen) atoms. The lowest BCUT2D eigenvalue weighted by Gasteiger charge is -2.20. The van der Waals surface area contributed by atoms with Gasteiger partial charge in [-0.25, -0.2) is 24.5 Å². The normalized spacial score (nSPS) is 12.4. The second-order valence-corrected chi connectivity index (χ2v) is 35.6. The van der Waals surface area contributed by atoms with Gasteiger partial charge in [-0.2, -0.15) is 13.7 Å². The zero-order chi connectivity index (χ0) is 86.0. The molecule has 0 aliphatic heterocycles. The number of nitrogens with zero attached hydrogens (tertiary/aromatic N) is 8. The first-order valence-electron chi connectivity index (χ1n) is 43.1. The molecule has 20 aromatic rings. The zero-order valence-corrected chi connectivity index (χ0v) is 73.2. The van der Waals surface area contributed by atoms with Gasteiger partial charge in [-0.3, -0.25) is 0 Å². The van der Waals surface area contributed by atoms with Crippen LogP contribution in [0, 0.1) is 66.2 Å². The highest BCUT2D eigenvalue weighted by molar-refractivity contribution is 6.13. The summed E-state index contributed by atoms with van der Waals surface area (Å²) in [4.78, 5) is 18.5. The summed E-state index contributed by atoms with van der Waals surface area (Å²) >= 11 is 0. The fraction of sp³-hybridized carbons (Fsp3) is 0.259. The minimum absolute atomic E-state index is 0.196. The third kappa shape index (κ3) is 14.7. The van der Waals surface area contributed by atoms with Gasteiger partial charge in [0, 0.05) is 127 Å². The van der Waals surface area contributed by atoms with Crippen LogP contribution in [0.2, 0.25) is 0 Å². The molecule has 0 amide bonds. The Hall–Kier alpha value is -12.8. The molecule has 12 heterocycles. The summed E-state index contributed by atoms with van der Waals surface area (Å²) in [7, 11) is 8.49. The standard InChI is InChI=1S/2C28H29N2O.2C26H25N2O/c1-17-7-10-22-23-11-8-18(2)29-27(23)31-26(22)24(17)25-21-12-9-19(16-28(3,4)5)15-20(21)13-14-30(25)6;1-17-11-13-21-22-14-12-18(2)29-27(22)31-26(21)25(17)24-15-19(16-28(3,4)5)20-9-7-8-10-23(20)30(24)6;1-15(2)21-14-23(28(5)22-9-7-6-8-18(21)22)24-16(3)10-12-19-20-13-11-17(4)27-26(20)29-25(19)24;1-5-8-18-15-23(28(4)22-10-7-6-9-19(18)22)24-16(2)11-13-20-21-14-12-17(3)27-26(21)29-25(20)24/h2*7-15H,16H2,1-6H3;6-15H,1-5H3;6-7,9-15H,5,8H2,1-4H3/q4*+1/i16D2;;;. The van der Waals surface area contributed by atoms with Gasteiger partial charge in [-0.15, -0.1) is 0 Å². The molecule has 0 saturated heterocycles. The van der Waals surface area contributed by atoms with Gasteiger partial charge in [-0.1, -0.05) is 166 Å². The van der Waals surface area contributed by atoms with Crippen molar-refractivity contribution in [2.45, 2.75) is 149 Å². The maximum absolute atomic E-state index is 8.71. The monoisotopic (exact) mass is 1580 g/mol. The Bertz CT molecular complexity index is 7630. The second kappa shape index (κ2) is 31.2. The molecule has 600 valence electrons. The number of hydrogen-bond donors (Lipinski definition) is 0. The molecule has 12 heteroatoms. The summed E-state index contributed by atoms with van der Waals surface area (Å²) < 4.78 is 51.8. The van der Waals surface area contributed by atoms with Crippen molar-refractivity contribution in [1.29, 1.82) is 0 Å². The van der Waals surface area contributed by atoms with E-state index in [4.69, 9.17) is 20.4 Å². The summed E-state index contributed by atoms with van der Waals surface area (Å²) in [5, 5.41) is 14.7. The number of hydrogen-bond acceptors (Lipinski definition) is 8. The molecular formula is C108H108N8O4+4. The zero-order valence-electron chi connectivity index (χ0n) is 75.2. The molecular weight excluding hydrogens is 1470 g/mol. The summed E-state index contributed by atoms with van der Waals surface area (Å²) in [5.74, 6) is 0.430. The highest BCUT2D eigenvalue weighted by atomic mass is 16.4. The average molecular weight is 1580 g/mol. The first kappa shape index (κ1) is 77.1. The molecule has 12 aromatic heterocycles. The Morgan fingerprint density at radius 1 is 0.358 bits per heavy atom. The SMILES string of the molecule is CCCc1cc(-c2c(C)ccc3c2oc2nc(C)ccc23)[n+](C)c2ccccc12.Cc1ccc2c(n1)oc1c(-c3cc(C(C)C)c4ccccc4[n+]3C)c(C)ccc12.Cc1ccc2c(n1)oc1c(-c3cc(CC(C)(C)C)c4ccccc4[n+]3C)c(C)ccc12.[2H]C([2H])(c1ccc2c(-c3c(C)ccc4c3oc3nc(C)ccc34)[n+](C)ccc2c1)C(C)(C)C. The molecule has 0 bridgehead atoms. The molecule has 0 N–H and O–H groups in total. The molecule has 20 rings (SSSR count). The molecule has 0 radical (unpaired) electrons. The lowest BCUT2D eigenvalue weighted by molar-refractivity contribution is -0.659. The van der Waals surface area contributed by atoms with Gasteiger partial charge in [0.15, 0.2) is 28.5 Å². The minimum Gasteiger partial charge on any atom is -0.437 e. The van der Waals surface area contributed by atoms with E-state index in [1.165, 1.54) is 83.2 Å². The topological polar surface area (TPSA) is 120 Å². The minimum atomic E-state index is -1.45. The van der Waals surface area contributed by atoms with E-state index in [2.05, 4.69) is 298 Å². The number of rotatable bonds is 9. The van der Waals surface area contributed by atoms with Gasteiger partial charge in [-0.05, 0) is 214 Å². The molecule has 0 aliphatic rings. The van der Waals surface area contributed by atoms with Crippen LogP contribution in [0.3, 0.4) is 0 Å². The lowest BCUT2D eigenvalue weighted by Crippen LogP contribution is -2.33. The van der Waals surface area contributed by atoms with E-state index < -0.39 is 11.8 Å². The molecule has 0 saturated carbocycles. The molecule has 0 atom stereocenters. The molecule has 8 aromatic carbocycles. The predicted octanol–water partition coefficient (Wildman–Crippen LogP) is 26.2. The third-order valence-corrected chi connectivity index (χ3v) is 23.7. The highest BCUT2D eigenvalue weighted by Crippen LogP contribution is 2.44. The van der Waals surface area contributed by atoms with Crippen molar-refractivity contribution < 1.29 is 38.7 Å². The fourth-order valence-corrected chi connectivity index (χ4v) is 18.0. The molecule has 0 fully saturated rings. The number of para-hydroxylation sites is 3. The van der Waals surface area contributed by atoms with Crippen molar-refractivity contribution in [3.8, 4) is 45.0 Å². The molecule has 0 unspecified atom stereocenters. The van der Waals surface area contributed by atoms with E-state index in [9.17, 15) is 0 Å². The first-order chi connectivity index (χ1) is 58.2. The Labute approximate surface area is 705 Å². The number of aromatic nitrogens is 8. The predicted molar refractivity (Wildman–Crippen MR) is 495 cm³/mol. The lowest BCUT2D eigenvalue weighted by atomic mass is 9.86. The highest BCUT2D eigenvalue weighted by Gasteiger charge is 2.31. The van der Waals surface area contributed by atoms with E-state index in [1.54, 1.807) is 0 Å². The molecule has 0 aliphatic carbocycles. The number of fused-ring (bicyclic) bond motifs is 16. The van der Waals surface area contributed by atoms with Crippen LogP contribution in [-0.2, 0) is 47.4 Å². The van der Waals surface area contributed by atoms with Gasteiger partial charge in [0.05, 0.1) is 27.6 Å². The van der Waals surface area contributed by atoms with Crippen LogP contribution in [0.25, 0.3) is 177 Å². The Kier molecular flexibility index (Phi) is 20.0. The molecule has 12 nitrogen and oxygen atoms in total. The van der Waals surface area contributed by atoms with E-state index in [-0.39, 0.29) is 5.41 Å². The van der Waals surface area contributed by atoms with E-state index in [0.29, 0.717) is 34.3 Å². The summed E-state index contributed by atoms with van der Waals surface area (Å²) in [6, 6.07) is 75.0. The number of benzene rings is 8. The largest absolute Gasteiger partial charge is 0.437 e. The van der Waals surface area contributed by atoms with Gasteiger partial charge in [0.2, 0.25) is 62.2 Å². The quantitative estimate of drug-likeness (QED) is 0.131. The van der Waals surface area contributed by atoms with Crippen LogP contribution in [0.4, 0.5) is 0 Å². The van der Waals surface area contributed by atoms with Gasteiger partial charge in [0.1, 0.15) is 28.2 Å². The van der Waals surface area contributed by atoms with Crippen LogP contribution in [0.1, 0.15) is 145 Å². The van der Waals surface area contributed by atoms with E-state index in [0.717, 1.165) is 152 Å². The van der Waals surface area contributed by atoms with Crippen molar-refractivity contribution in [1.82, 2.24) is 19.9 Å². The average Bonchev–Trinajstić information content (AvgIpc) is 1.07. The maximum Gasteiger partial charge on any atom is 0.227 e. The smallest absolute Gasteiger partial charge is 0.227 e.